The molecule has 0 saturated carbocycles. The number of benzene rings is 1. The number of nitrogens with two attached hydrogens (primary N) is 1. The molecular formula is C14H20N2O5. The predicted molar refractivity (Wildman–Crippen MR) is 75.9 cm³/mol. The standard InChI is InChI=1S/C14H20N2O5/c1-2-3-9(15)13(19)16-10(14(20)21)6-8-4-5-11(17)12(18)7-8/h4-5,7,9-10,17-18H,2-3,6,15H2,1H3,(H,16,19)(H,20,21)/t9-,10?/m1/s1. The van der Waals surface area contributed by atoms with E-state index in [0.717, 1.165) is 6.42 Å². The van der Waals surface area contributed by atoms with E-state index in [1.165, 1.54) is 18.2 Å². The predicted octanol–water partition coefficient (Wildman–Crippen LogP) is 0.337. The first-order valence-corrected chi connectivity index (χ1v) is 6.64. The highest BCUT2D eigenvalue weighted by molar-refractivity contribution is 5.86. The molecule has 6 N–H and O–H groups in total. The van der Waals surface area contributed by atoms with Crippen molar-refractivity contribution in [3.8, 4) is 11.5 Å². The maximum Gasteiger partial charge on any atom is 0.326 e. The Hall–Kier alpha value is -2.28. The van der Waals surface area contributed by atoms with Gasteiger partial charge in [0.2, 0.25) is 5.91 Å². The molecule has 7 nitrogen and oxygen atoms in total. The van der Waals surface area contributed by atoms with Gasteiger partial charge in [0.25, 0.3) is 0 Å². The Morgan fingerprint density at radius 1 is 1.29 bits per heavy atom. The SMILES string of the molecule is CCC[C@@H](N)C(=O)NC(Cc1ccc(O)c(O)c1)C(=O)O. The van der Waals surface area contributed by atoms with E-state index in [4.69, 9.17) is 10.8 Å². The van der Waals surface area contributed by atoms with Crippen LogP contribution in [0.1, 0.15) is 25.3 Å². The minimum Gasteiger partial charge on any atom is -0.504 e. The number of carbonyl (C=O) groups excluding carboxylic acids is 1. The van der Waals surface area contributed by atoms with Gasteiger partial charge in [-0.3, -0.25) is 4.79 Å². The van der Waals surface area contributed by atoms with Crippen molar-refractivity contribution in [2.45, 2.75) is 38.3 Å². The first-order chi connectivity index (χ1) is 9.85. The van der Waals surface area contributed by atoms with Crippen molar-refractivity contribution in [2.24, 2.45) is 5.73 Å². The van der Waals surface area contributed by atoms with Crippen LogP contribution in [-0.2, 0) is 16.0 Å². The molecule has 116 valence electrons. The van der Waals surface area contributed by atoms with E-state index in [-0.39, 0.29) is 17.9 Å². The monoisotopic (exact) mass is 296 g/mol. The number of phenols is 2. The average molecular weight is 296 g/mol. The van der Waals surface area contributed by atoms with E-state index < -0.39 is 24.0 Å². The quantitative estimate of drug-likeness (QED) is 0.461. The molecule has 0 saturated heterocycles. The molecule has 0 radical (unpaired) electrons. The van der Waals surface area contributed by atoms with Gasteiger partial charge in [0.15, 0.2) is 11.5 Å². The lowest BCUT2D eigenvalue weighted by atomic mass is 10.0. The second-order valence-electron chi connectivity index (χ2n) is 4.82. The lowest BCUT2D eigenvalue weighted by Gasteiger charge is -2.17. The summed E-state index contributed by atoms with van der Waals surface area (Å²) in [7, 11) is 0. The van der Waals surface area contributed by atoms with Gasteiger partial charge < -0.3 is 26.4 Å². The molecule has 0 aromatic heterocycles. The number of hydrogen-bond donors (Lipinski definition) is 5. The van der Waals surface area contributed by atoms with Gasteiger partial charge >= 0.3 is 5.97 Å². The molecular weight excluding hydrogens is 276 g/mol. The highest BCUT2D eigenvalue weighted by Crippen LogP contribution is 2.25. The molecule has 0 bridgehead atoms. The van der Waals surface area contributed by atoms with Crippen LogP contribution < -0.4 is 11.1 Å². The summed E-state index contributed by atoms with van der Waals surface area (Å²) in [6, 6.07) is 2.09. The molecule has 1 aromatic rings. The van der Waals surface area contributed by atoms with Crippen LogP contribution in [0, 0.1) is 0 Å². The van der Waals surface area contributed by atoms with Gasteiger partial charge in [0, 0.05) is 6.42 Å². The fraction of sp³-hybridized carbons (Fsp3) is 0.429. The smallest absolute Gasteiger partial charge is 0.326 e. The molecule has 0 aliphatic rings. The fourth-order valence-electron chi connectivity index (χ4n) is 1.85. The fourth-order valence-corrected chi connectivity index (χ4v) is 1.85. The molecule has 2 atom stereocenters. The van der Waals surface area contributed by atoms with E-state index >= 15 is 0 Å². The minimum absolute atomic E-state index is 0.0201. The Balaban J connectivity index is 2.76. The lowest BCUT2D eigenvalue weighted by molar-refractivity contribution is -0.142. The van der Waals surface area contributed by atoms with E-state index in [2.05, 4.69) is 5.32 Å². The molecule has 1 aromatic carbocycles. The van der Waals surface area contributed by atoms with Crippen LogP contribution in [0.25, 0.3) is 0 Å². The van der Waals surface area contributed by atoms with Crippen LogP contribution >= 0.6 is 0 Å². The van der Waals surface area contributed by atoms with Crippen LogP contribution in [0.15, 0.2) is 18.2 Å². The Morgan fingerprint density at radius 2 is 1.95 bits per heavy atom. The Morgan fingerprint density at radius 3 is 2.48 bits per heavy atom. The van der Waals surface area contributed by atoms with Crippen LogP contribution in [0.5, 0.6) is 11.5 Å². The normalized spacial score (nSPS) is 13.4. The van der Waals surface area contributed by atoms with Crippen LogP contribution in [-0.4, -0.2) is 39.3 Å². The molecule has 0 aliphatic carbocycles. The number of amides is 1. The van der Waals surface area contributed by atoms with Crippen molar-refractivity contribution >= 4 is 11.9 Å². The van der Waals surface area contributed by atoms with Crippen LogP contribution in [0.3, 0.4) is 0 Å². The third-order valence-electron chi connectivity index (χ3n) is 3.03. The van der Waals surface area contributed by atoms with Gasteiger partial charge in [-0.15, -0.1) is 0 Å². The number of aliphatic carboxylic acids is 1. The van der Waals surface area contributed by atoms with E-state index in [1.807, 2.05) is 6.92 Å². The number of hydrogen-bond acceptors (Lipinski definition) is 5. The van der Waals surface area contributed by atoms with Crippen LogP contribution in [0.4, 0.5) is 0 Å². The summed E-state index contributed by atoms with van der Waals surface area (Å²) in [5, 5.41) is 30.1. The summed E-state index contributed by atoms with van der Waals surface area (Å²) < 4.78 is 0. The highest BCUT2D eigenvalue weighted by atomic mass is 16.4. The second-order valence-corrected chi connectivity index (χ2v) is 4.82. The molecule has 21 heavy (non-hydrogen) atoms. The number of phenolic OH excluding ortho intramolecular Hbond substituents is 2. The third kappa shape index (κ3) is 4.96. The minimum atomic E-state index is -1.19. The van der Waals surface area contributed by atoms with E-state index in [9.17, 15) is 19.8 Å². The number of aromatic hydroxyl groups is 2. The summed E-state index contributed by atoms with van der Waals surface area (Å²) in [5.74, 6) is -2.35. The van der Waals surface area contributed by atoms with Gasteiger partial charge in [0.05, 0.1) is 6.04 Å². The van der Waals surface area contributed by atoms with E-state index in [0.29, 0.717) is 12.0 Å². The average Bonchev–Trinajstić information content (AvgIpc) is 2.42. The summed E-state index contributed by atoms with van der Waals surface area (Å²) in [6.45, 7) is 1.88. The molecule has 7 heteroatoms. The van der Waals surface area contributed by atoms with Gasteiger partial charge in [0.1, 0.15) is 6.04 Å². The first kappa shape index (κ1) is 16.8. The zero-order valence-corrected chi connectivity index (χ0v) is 11.7. The van der Waals surface area contributed by atoms with E-state index in [1.54, 1.807) is 0 Å². The Labute approximate surface area is 122 Å². The van der Waals surface area contributed by atoms with Crippen LogP contribution in [0.2, 0.25) is 0 Å². The van der Waals surface area contributed by atoms with Crippen molar-refractivity contribution in [3.63, 3.8) is 0 Å². The lowest BCUT2D eigenvalue weighted by Crippen LogP contribution is -2.49. The maximum atomic E-state index is 11.8. The number of nitrogens with one attached hydrogen (secondary N) is 1. The van der Waals surface area contributed by atoms with Crippen molar-refractivity contribution in [2.75, 3.05) is 0 Å². The molecule has 0 fully saturated rings. The summed E-state index contributed by atoms with van der Waals surface area (Å²) >= 11 is 0. The summed E-state index contributed by atoms with van der Waals surface area (Å²) in [4.78, 5) is 23.0. The van der Waals surface area contributed by atoms with Crippen molar-refractivity contribution < 1.29 is 24.9 Å². The van der Waals surface area contributed by atoms with Gasteiger partial charge in [-0.05, 0) is 24.1 Å². The molecule has 1 unspecified atom stereocenters. The third-order valence-corrected chi connectivity index (χ3v) is 3.03. The number of rotatable bonds is 7. The molecule has 1 rings (SSSR count). The Bertz CT molecular complexity index is 518. The zero-order valence-electron chi connectivity index (χ0n) is 11.7. The molecule has 1 amide bonds. The van der Waals surface area contributed by atoms with Crippen molar-refractivity contribution in [1.82, 2.24) is 5.32 Å². The van der Waals surface area contributed by atoms with Gasteiger partial charge in [-0.25, -0.2) is 4.79 Å². The van der Waals surface area contributed by atoms with Gasteiger partial charge in [-0.1, -0.05) is 19.4 Å². The maximum absolute atomic E-state index is 11.8. The molecule has 0 spiro atoms. The molecule has 0 heterocycles. The number of carbonyl (C=O) groups is 2. The molecule has 0 aliphatic heterocycles. The van der Waals surface area contributed by atoms with Crippen molar-refractivity contribution in [3.05, 3.63) is 23.8 Å². The topological polar surface area (TPSA) is 133 Å². The van der Waals surface area contributed by atoms with Gasteiger partial charge in [-0.2, -0.15) is 0 Å². The summed E-state index contributed by atoms with van der Waals surface area (Å²) in [5.41, 5.74) is 6.11. The Kier molecular flexibility index (Phi) is 5.98. The zero-order chi connectivity index (χ0) is 16.0. The highest BCUT2D eigenvalue weighted by Gasteiger charge is 2.23. The van der Waals surface area contributed by atoms with Crippen molar-refractivity contribution in [1.29, 1.82) is 0 Å². The number of carboxylic acid groups (broad SMARTS) is 1. The second kappa shape index (κ2) is 7.49. The first-order valence-electron chi connectivity index (χ1n) is 6.64. The number of carboxylic acids is 1. The largest absolute Gasteiger partial charge is 0.504 e. The summed E-state index contributed by atoms with van der Waals surface area (Å²) in [6.07, 6.45) is 1.17.